The van der Waals surface area contributed by atoms with Gasteiger partial charge in [0.15, 0.2) is 0 Å². The zero-order chi connectivity index (χ0) is 16.3. The molecule has 0 atom stereocenters. The molecule has 0 aromatic heterocycles. The van der Waals surface area contributed by atoms with Gasteiger partial charge in [-0.25, -0.2) is 0 Å². The van der Waals surface area contributed by atoms with E-state index in [1.165, 1.54) is 30.3 Å². The Hall–Kier alpha value is -2.31. The molecule has 0 bridgehead atoms. The molecule has 0 fully saturated rings. The molecule has 0 saturated carbocycles. The van der Waals surface area contributed by atoms with Crippen LogP contribution < -0.4 is 4.74 Å². The molecule has 6 nitrogen and oxygen atoms in total. The number of nitro benzene ring substituents is 1. The summed E-state index contributed by atoms with van der Waals surface area (Å²) in [5.74, 6) is -1.24. The van der Waals surface area contributed by atoms with Gasteiger partial charge in [-0.15, -0.1) is 0 Å². The summed E-state index contributed by atoms with van der Waals surface area (Å²) in [5.41, 5.74) is -0.0529. The van der Waals surface area contributed by atoms with Crippen molar-refractivity contribution in [1.29, 1.82) is 0 Å². The fraction of sp³-hybridized carbons (Fsp3) is 0.0714. The van der Waals surface area contributed by atoms with Gasteiger partial charge in [-0.3, -0.25) is 14.9 Å². The van der Waals surface area contributed by atoms with Gasteiger partial charge in [0.1, 0.15) is 5.75 Å². The van der Waals surface area contributed by atoms with E-state index >= 15 is 0 Å². The molecule has 1 N–H and O–H groups in total. The first-order valence-electron chi connectivity index (χ1n) is 6.00. The summed E-state index contributed by atoms with van der Waals surface area (Å²) >= 11 is 12.0. The first-order valence-corrected chi connectivity index (χ1v) is 6.75. The van der Waals surface area contributed by atoms with Gasteiger partial charge in [0.2, 0.25) is 5.75 Å². The van der Waals surface area contributed by atoms with Crippen molar-refractivity contribution in [3.8, 4) is 11.5 Å². The van der Waals surface area contributed by atoms with Gasteiger partial charge in [-0.05, 0) is 12.1 Å². The molecule has 2 aromatic carbocycles. The first kappa shape index (κ1) is 16.1. The molecule has 0 aliphatic carbocycles. The molecule has 0 amide bonds. The van der Waals surface area contributed by atoms with Crippen molar-refractivity contribution in [3.05, 3.63) is 62.1 Å². The lowest BCUT2D eigenvalue weighted by molar-refractivity contribution is -0.385. The lowest BCUT2D eigenvalue weighted by Crippen LogP contribution is -2.03. The van der Waals surface area contributed by atoms with Crippen molar-refractivity contribution in [2.45, 2.75) is 6.42 Å². The van der Waals surface area contributed by atoms with Crippen molar-refractivity contribution in [2.24, 2.45) is 0 Å². The summed E-state index contributed by atoms with van der Waals surface area (Å²) in [6, 6.07) is 8.64. The number of para-hydroxylation sites is 2. The van der Waals surface area contributed by atoms with Crippen LogP contribution in [0.2, 0.25) is 10.0 Å². The fourth-order valence-corrected chi connectivity index (χ4v) is 2.26. The van der Waals surface area contributed by atoms with E-state index in [0.717, 1.165) is 0 Å². The molecule has 8 heteroatoms. The maximum absolute atomic E-state index is 11.1. The van der Waals surface area contributed by atoms with Gasteiger partial charge in [-0.2, -0.15) is 0 Å². The van der Waals surface area contributed by atoms with Crippen molar-refractivity contribution in [3.63, 3.8) is 0 Å². The monoisotopic (exact) mass is 341 g/mol. The molecule has 114 valence electrons. The molecule has 0 heterocycles. The van der Waals surface area contributed by atoms with Crippen LogP contribution >= 0.6 is 23.2 Å². The number of ether oxygens (including phenoxy) is 1. The standard InChI is InChI=1S/C14H9Cl2NO5/c15-9-4-1-3-8(7-12(18)19)13(9)22-14-10(16)5-2-6-11(14)17(20)21/h1-6H,7H2,(H,18,19). The minimum atomic E-state index is -1.08. The number of nitro groups is 1. The highest BCUT2D eigenvalue weighted by atomic mass is 35.5. The third-order valence-electron chi connectivity index (χ3n) is 2.74. The average Bonchev–Trinajstić information content (AvgIpc) is 2.43. The molecule has 0 spiro atoms. The number of carboxylic acids is 1. The summed E-state index contributed by atoms with van der Waals surface area (Å²) in [6.45, 7) is 0. The summed E-state index contributed by atoms with van der Waals surface area (Å²) in [5, 5.41) is 20.1. The van der Waals surface area contributed by atoms with Gasteiger partial charge in [0.25, 0.3) is 0 Å². The van der Waals surface area contributed by atoms with E-state index in [9.17, 15) is 14.9 Å². The minimum absolute atomic E-state index is 0.0235. The van der Waals surface area contributed by atoms with Crippen LogP contribution in [0.1, 0.15) is 5.56 Å². The van der Waals surface area contributed by atoms with E-state index in [0.29, 0.717) is 0 Å². The molecular formula is C14H9Cl2NO5. The Kier molecular flexibility index (Phi) is 4.85. The predicted octanol–water partition coefficient (Wildman–Crippen LogP) is 4.32. The van der Waals surface area contributed by atoms with E-state index in [4.69, 9.17) is 33.0 Å². The van der Waals surface area contributed by atoms with Gasteiger partial charge in [-0.1, -0.05) is 41.4 Å². The number of carbonyl (C=O) groups is 1. The topological polar surface area (TPSA) is 89.7 Å². The lowest BCUT2D eigenvalue weighted by Gasteiger charge is -2.13. The van der Waals surface area contributed by atoms with Crippen LogP contribution in [0.15, 0.2) is 36.4 Å². The van der Waals surface area contributed by atoms with Crippen LogP contribution in [-0.2, 0) is 11.2 Å². The molecule has 2 aromatic rings. The second-order valence-electron chi connectivity index (χ2n) is 4.25. The van der Waals surface area contributed by atoms with Gasteiger partial charge in [0, 0.05) is 11.6 Å². The average molecular weight is 342 g/mol. The normalized spacial score (nSPS) is 10.3. The highest BCUT2D eigenvalue weighted by Crippen LogP contribution is 2.41. The maximum Gasteiger partial charge on any atom is 0.313 e. The SMILES string of the molecule is O=C(O)Cc1cccc(Cl)c1Oc1c(Cl)cccc1[N+](=O)[O-]. The summed E-state index contributed by atoms with van der Waals surface area (Å²) < 4.78 is 5.50. The van der Waals surface area contributed by atoms with Crippen molar-refractivity contribution in [1.82, 2.24) is 0 Å². The summed E-state index contributed by atoms with van der Waals surface area (Å²) in [6.07, 6.45) is -0.339. The van der Waals surface area contributed by atoms with Crippen molar-refractivity contribution in [2.75, 3.05) is 0 Å². The van der Waals surface area contributed by atoms with Gasteiger partial charge >= 0.3 is 11.7 Å². The second kappa shape index (κ2) is 6.64. The van der Waals surface area contributed by atoms with E-state index in [1.807, 2.05) is 0 Å². The van der Waals surface area contributed by atoms with E-state index in [1.54, 1.807) is 6.07 Å². The van der Waals surface area contributed by atoms with Crippen molar-refractivity contribution < 1.29 is 19.6 Å². The molecule has 0 unspecified atom stereocenters. The van der Waals surface area contributed by atoms with Crippen LogP contribution in [0.25, 0.3) is 0 Å². The smallest absolute Gasteiger partial charge is 0.313 e. The number of hydrogen-bond acceptors (Lipinski definition) is 4. The van der Waals surface area contributed by atoms with Crippen LogP contribution in [0.3, 0.4) is 0 Å². The Morgan fingerprint density at radius 3 is 2.32 bits per heavy atom. The third-order valence-corrected chi connectivity index (χ3v) is 3.33. The number of hydrogen-bond donors (Lipinski definition) is 1. The van der Waals surface area contributed by atoms with Crippen molar-refractivity contribution >= 4 is 34.9 Å². The van der Waals surface area contributed by atoms with E-state index in [2.05, 4.69) is 0 Å². The number of carboxylic acid groups (broad SMARTS) is 1. The molecular weight excluding hydrogens is 333 g/mol. The van der Waals surface area contributed by atoms with Gasteiger partial charge in [0.05, 0.1) is 21.4 Å². The fourth-order valence-electron chi connectivity index (χ4n) is 1.81. The Bertz CT molecular complexity index is 748. The number of rotatable bonds is 5. The zero-order valence-electron chi connectivity index (χ0n) is 11.0. The second-order valence-corrected chi connectivity index (χ2v) is 5.06. The van der Waals surface area contributed by atoms with Gasteiger partial charge < -0.3 is 9.84 Å². The Labute approximate surface area is 135 Å². The number of aliphatic carboxylic acids is 1. The van der Waals surface area contributed by atoms with Crippen LogP contribution in [0.4, 0.5) is 5.69 Å². The molecule has 0 saturated heterocycles. The Morgan fingerprint density at radius 2 is 1.73 bits per heavy atom. The van der Waals surface area contributed by atoms with E-state index in [-0.39, 0.29) is 39.2 Å². The minimum Gasteiger partial charge on any atom is -0.481 e. The summed E-state index contributed by atoms with van der Waals surface area (Å²) in [7, 11) is 0. The molecule has 0 aliphatic rings. The number of benzene rings is 2. The quantitative estimate of drug-likeness (QED) is 0.645. The zero-order valence-corrected chi connectivity index (χ0v) is 12.5. The highest BCUT2D eigenvalue weighted by Gasteiger charge is 2.22. The van der Waals surface area contributed by atoms with Crippen LogP contribution in [0.5, 0.6) is 11.5 Å². The Balaban J connectivity index is 2.52. The molecule has 0 aliphatic heterocycles. The first-order chi connectivity index (χ1) is 10.4. The van der Waals surface area contributed by atoms with Crippen LogP contribution in [-0.4, -0.2) is 16.0 Å². The Morgan fingerprint density at radius 1 is 1.14 bits per heavy atom. The lowest BCUT2D eigenvalue weighted by atomic mass is 10.1. The van der Waals surface area contributed by atoms with E-state index < -0.39 is 10.9 Å². The molecule has 0 radical (unpaired) electrons. The largest absolute Gasteiger partial charge is 0.481 e. The summed E-state index contributed by atoms with van der Waals surface area (Å²) in [4.78, 5) is 21.3. The highest BCUT2D eigenvalue weighted by molar-refractivity contribution is 6.33. The molecule has 22 heavy (non-hydrogen) atoms. The van der Waals surface area contributed by atoms with Crippen LogP contribution in [0, 0.1) is 10.1 Å². The third kappa shape index (κ3) is 3.47. The number of halogens is 2. The maximum atomic E-state index is 11.1. The predicted molar refractivity (Wildman–Crippen MR) is 81.0 cm³/mol. The number of nitrogens with zero attached hydrogens (tertiary/aromatic N) is 1. The molecule has 2 rings (SSSR count).